The summed E-state index contributed by atoms with van der Waals surface area (Å²) in [5.41, 5.74) is 2.59. The van der Waals surface area contributed by atoms with Gasteiger partial charge in [0.05, 0.1) is 23.9 Å². The number of carbonyl (C=O) groups is 1. The Morgan fingerprint density at radius 1 is 1.33 bits per heavy atom. The van der Waals surface area contributed by atoms with E-state index in [1.165, 1.54) is 32.1 Å². The van der Waals surface area contributed by atoms with E-state index < -0.39 is 0 Å². The molecule has 112 valence electrons. The van der Waals surface area contributed by atoms with Crippen molar-refractivity contribution in [1.29, 1.82) is 0 Å². The Labute approximate surface area is 124 Å². The van der Waals surface area contributed by atoms with Gasteiger partial charge in [-0.15, -0.1) is 0 Å². The van der Waals surface area contributed by atoms with Crippen LogP contribution < -0.4 is 10.1 Å². The molecule has 1 fully saturated rings. The van der Waals surface area contributed by atoms with E-state index in [4.69, 9.17) is 4.74 Å². The molecule has 2 aromatic rings. The van der Waals surface area contributed by atoms with Gasteiger partial charge >= 0.3 is 0 Å². The molecule has 5 heteroatoms. The number of benzene rings is 1. The van der Waals surface area contributed by atoms with Gasteiger partial charge in [0.15, 0.2) is 0 Å². The highest BCUT2D eigenvalue weighted by atomic mass is 16.5. The third-order valence-electron chi connectivity index (χ3n) is 4.38. The first kappa shape index (κ1) is 13.9. The maximum atomic E-state index is 12.0. The Hall–Kier alpha value is -2.04. The summed E-state index contributed by atoms with van der Waals surface area (Å²) >= 11 is 0. The van der Waals surface area contributed by atoms with E-state index in [1.807, 2.05) is 12.1 Å². The van der Waals surface area contributed by atoms with Crippen LogP contribution in [0.3, 0.4) is 0 Å². The van der Waals surface area contributed by atoms with Gasteiger partial charge in [-0.3, -0.25) is 9.89 Å². The van der Waals surface area contributed by atoms with Gasteiger partial charge in [-0.25, -0.2) is 0 Å². The van der Waals surface area contributed by atoms with Crippen LogP contribution in [-0.4, -0.2) is 30.3 Å². The summed E-state index contributed by atoms with van der Waals surface area (Å²) in [4.78, 5) is 12.0. The number of H-pyrrole nitrogens is 1. The van der Waals surface area contributed by atoms with Crippen molar-refractivity contribution >= 4 is 16.8 Å². The summed E-state index contributed by atoms with van der Waals surface area (Å²) in [5, 5.41) is 11.3. The summed E-state index contributed by atoms with van der Waals surface area (Å²) in [5.74, 6) is 0.934. The molecule has 0 atom stereocenters. The number of nitrogens with one attached hydrogen (secondary N) is 2. The predicted octanol–water partition coefficient (Wildman–Crippen LogP) is 2.98. The first-order valence-corrected chi connectivity index (χ1v) is 7.52. The van der Waals surface area contributed by atoms with Crippen LogP contribution in [0.1, 0.15) is 54.1 Å². The average molecular weight is 287 g/mol. The average Bonchev–Trinajstić information content (AvgIpc) is 2.96. The lowest BCUT2D eigenvalue weighted by atomic mass is 9.85. The molecule has 3 rings (SSSR count). The molecule has 21 heavy (non-hydrogen) atoms. The minimum Gasteiger partial charge on any atom is -0.496 e. The quantitative estimate of drug-likeness (QED) is 0.912. The first-order valence-electron chi connectivity index (χ1n) is 7.52. The molecule has 1 saturated carbocycles. The zero-order valence-electron chi connectivity index (χ0n) is 12.5. The van der Waals surface area contributed by atoms with Crippen molar-refractivity contribution in [3.8, 4) is 5.75 Å². The number of nitrogens with zero attached hydrogens (tertiary/aromatic N) is 1. The van der Waals surface area contributed by atoms with Crippen LogP contribution in [0.4, 0.5) is 0 Å². The Morgan fingerprint density at radius 2 is 2.10 bits per heavy atom. The fraction of sp³-hybridized carbons (Fsp3) is 0.500. The van der Waals surface area contributed by atoms with Crippen LogP contribution in [0.15, 0.2) is 12.1 Å². The van der Waals surface area contributed by atoms with Gasteiger partial charge in [-0.05, 0) is 18.9 Å². The zero-order valence-corrected chi connectivity index (χ0v) is 12.5. The molecule has 0 bridgehead atoms. The van der Waals surface area contributed by atoms with E-state index >= 15 is 0 Å². The van der Waals surface area contributed by atoms with Crippen molar-refractivity contribution in [2.45, 2.75) is 38.0 Å². The lowest BCUT2D eigenvalue weighted by Crippen LogP contribution is -2.18. The smallest absolute Gasteiger partial charge is 0.254 e. The number of hydrogen-bond donors (Lipinski definition) is 2. The highest BCUT2D eigenvalue weighted by molar-refractivity contribution is 6.01. The summed E-state index contributed by atoms with van der Waals surface area (Å²) in [6.07, 6.45) is 6.20. The van der Waals surface area contributed by atoms with Crippen LogP contribution in [-0.2, 0) is 0 Å². The van der Waals surface area contributed by atoms with Crippen LogP contribution in [0, 0.1) is 0 Å². The molecule has 1 aliphatic rings. The first-order chi connectivity index (χ1) is 10.2. The number of hydrogen-bond acceptors (Lipinski definition) is 3. The molecule has 0 spiro atoms. The minimum absolute atomic E-state index is 0.135. The summed E-state index contributed by atoms with van der Waals surface area (Å²) in [6.45, 7) is 0. The summed E-state index contributed by atoms with van der Waals surface area (Å²) in [6, 6.07) is 3.76. The molecule has 1 amide bonds. The second kappa shape index (κ2) is 5.76. The second-order valence-electron chi connectivity index (χ2n) is 5.62. The summed E-state index contributed by atoms with van der Waals surface area (Å²) < 4.78 is 5.32. The highest BCUT2D eigenvalue weighted by Crippen LogP contribution is 2.36. The van der Waals surface area contributed by atoms with E-state index in [2.05, 4.69) is 15.5 Å². The number of fused-ring (bicyclic) bond motifs is 1. The van der Waals surface area contributed by atoms with E-state index in [9.17, 15) is 4.79 Å². The van der Waals surface area contributed by atoms with Crippen molar-refractivity contribution in [2.24, 2.45) is 0 Å². The zero-order chi connectivity index (χ0) is 14.8. The fourth-order valence-corrected chi connectivity index (χ4v) is 3.23. The van der Waals surface area contributed by atoms with Crippen LogP contribution in [0.25, 0.3) is 10.9 Å². The maximum absolute atomic E-state index is 12.0. The SMILES string of the molecule is CNC(=O)c1cc2c(C3CCCCC3)n[nH]c2cc1OC. The normalized spacial score (nSPS) is 16.1. The minimum atomic E-state index is -0.135. The van der Waals surface area contributed by atoms with Gasteiger partial charge in [0, 0.05) is 24.4 Å². The molecule has 1 heterocycles. The third kappa shape index (κ3) is 2.48. The molecule has 0 aliphatic heterocycles. The molecular formula is C16H21N3O2. The van der Waals surface area contributed by atoms with Crippen LogP contribution in [0.5, 0.6) is 5.75 Å². The monoisotopic (exact) mass is 287 g/mol. The number of carbonyl (C=O) groups excluding carboxylic acids is 1. The number of methoxy groups -OCH3 is 1. The Balaban J connectivity index is 2.09. The molecule has 1 aliphatic carbocycles. The lowest BCUT2D eigenvalue weighted by molar-refractivity contribution is 0.0960. The third-order valence-corrected chi connectivity index (χ3v) is 4.38. The van der Waals surface area contributed by atoms with Crippen LogP contribution in [0.2, 0.25) is 0 Å². The molecule has 1 aromatic carbocycles. The summed E-state index contributed by atoms with van der Waals surface area (Å²) in [7, 11) is 3.20. The van der Waals surface area contributed by atoms with Gasteiger partial charge < -0.3 is 10.1 Å². The van der Waals surface area contributed by atoms with Gasteiger partial charge in [0.2, 0.25) is 0 Å². The standard InChI is InChI=1S/C16H21N3O2/c1-17-16(20)12-8-11-13(9-14(12)21-2)18-19-15(11)10-6-4-3-5-7-10/h8-10H,3-7H2,1-2H3,(H,17,20)(H,18,19). The Morgan fingerprint density at radius 3 is 2.76 bits per heavy atom. The number of amides is 1. The Kier molecular flexibility index (Phi) is 3.82. The highest BCUT2D eigenvalue weighted by Gasteiger charge is 2.22. The van der Waals surface area contributed by atoms with Crippen LogP contribution >= 0.6 is 0 Å². The number of rotatable bonds is 3. The topological polar surface area (TPSA) is 67.0 Å². The van der Waals surface area contributed by atoms with Crippen molar-refractivity contribution in [1.82, 2.24) is 15.5 Å². The van der Waals surface area contributed by atoms with E-state index in [1.54, 1.807) is 14.2 Å². The molecule has 0 radical (unpaired) electrons. The lowest BCUT2D eigenvalue weighted by Gasteiger charge is -2.20. The molecule has 1 aromatic heterocycles. The maximum Gasteiger partial charge on any atom is 0.254 e. The van der Waals surface area contributed by atoms with Gasteiger partial charge in [0.25, 0.3) is 5.91 Å². The van der Waals surface area contributed by atoms with Gasteiger partial charge in [-0.1, -0.05) is 19.3 Å². The molecule has 0 saturated heterocycles. The predicted molar refractivity (Wildman–Crippen MR) is 81.9 cm³/mol. The van der Waals surface area contributed by atoms with E-state index in [0.717, 1.165) is 16.6 Å². The van der Waals surface area contributed by atoms with E-state index in [-0.39, 0.29) is 5.91 Å². The van der Waals surface area contributed by atoms with Gasteiger partial charge in [0.1, 0.15) is 5.75 Å². The van der Waals surface area contributed by atoms with Crippen molar-refractivity contribution in [3.63, 3.8) is 0 Å². The largest absolute Gasteiger partial charge is 0.496 e. The number of aromatic nitrogens is 2. The number of aromatic amines is 1. The fourth-order valence-electron chi connectivity index (χ4n) is 3.23. The van der Waals surface area contributed by atoms with Crippen molar-refractivity contribution < 1.29 is 9.53 Å². The van der Waals surface area contributed by atoms with E-state index in [0.29, 0.717) is 17.2 Å². The number of ether oxygens (including phenoxy) is 1. The molecule has 5 nitrogen and oxygen atoms in total. The second-order valence-corrected chi connectivity index (χ2v) is 5.62. The molecule has 0 unspecified atom stereocenters. The van der Waals surface area contributed by atoms with Crippen molar-refractivity contribution in [2.75, 3.05) is 14.2 Å². The molecule has 2 N–H and O–H groups in total. The Bertz CT molecular complexity index is 657. The van der Waals surface area contributed by atoms with Gasteiger partial charge in [-0.2, -0.15) is 5.10 Å². The molecular weight excluding hydrogens is 266 g/mol. The van der Waals surface area contributed by atoms with Crippen molar-refractivity contribution in [3.05, 3.63) is 23.4 Å².